The molecule has 3 aromatic carbocycles. The minimum absolute atomic E-state index is 0.268. The molecule has 0 saturated carbocycles. The molecule has 1 atom stereocenters. The van der Waals surface area contributed by atoms with E-state index in [0.29, 0.717) is 17.0 Å². The number of para-hydroxylation sites is 1. The van der Waals surface area contributed by atoms with Crippen LogP contribution in [-0.2, 0) is 17.8 Å². The topological polar surface area (TPSA) is 133 Å². The van der Waals surface area contributed by atoms with E-state index in [1.807, 2.05) is 36.5 Å². The maximum absolute atomic E-state index is 13.0. The normalized spacial score (nSPS) is 11.4. The zero-order valence-corrected chi connectivity index (χ0v) is 18.2. The zero-order valence-electron chi connectivity index (χ0n) is 18.2. The quantitative estimate of drug-likeness (QED) is 0.323. The third-order valence-corrected chi connectivity index (χ3v) is 5.30. The van der Waals surface area contributed by atoms with E-state index in [9.17, 15) is 9.59 Å². The number of H-pyrrole nitrogens is 1. The molecule has 3 amide bonds. The molecule has 4 rings (SSSR count). The van der Waals surface area contributed by atoms with Gasteiger partial charge in [-0.2, -0.15) is 5.26 Å². The molecule has 170 valence electrons. The number of urea groups is 1. The molecular formula is C26H23N5O3. The van der Waals surface area contributed by atoms with Crippen LogP contribution in [-0.4, -0.2) is 23.0 Å². The lowest BCUT2D eigenvalue weighted by molar-refractivity contribution is -0.117. The summed E-state index contributed by atoms with van der Waals surface area (Å²) < 4.78 is 5.82. The summed E-state index contributed by atoms with van der Waals surface area (Å²) in [6.07, 6.45) is 2.09. The van der Waals surface area contributed by atoms with Gasteiger partial charge in [0.2, 0.25) is 5.91 Å². The fourth-order valence-electron chi connectivity index (χ4n) is 3.69. The highest BCUT2D eigenvalue weighted by Gasteiger charge is 2.22. The Kier molecular flexibility index (Phi) is 6.75. The number of amides is 3. The number of nitriles is 1. The summed E-state index contributed by atoms with van der Waals surface area (Å²) in [5.74, 6) is 0.152. The number of aromatic nitrogens is 1. The second-order valence-electron chi connectivity index (χ2n) is 7.74. The number of hydrogen-bond donors (Lipinski definition) is 4. The minimum atomic E-state index is -0.866. The monoisotopic (exact) mass is 453 g/mol. The Balaban J connectivity index is 1.45. The van der Waals surface area contributed by atoms with Gasteiger partial charge in [-0.3, -0.25) is 4.79 Å². The molecule has 1 aromatic heterocycles. The number of anilines is 1. The molecule has 5 N–H and O–H groups in total. The molecular weight excluding hydrogens is 430 g/mol. The van der Waals surface area contributed by atoms with Crippen molar-refractivity contribution >= 4 is 28.5 Å². The number of fused-ring (bicyclic) bond motifs is 1. The smallest absolute Gasteiger partial charge is 0.312 e. The highest BCUT2D eigenvalue weighted by molar-refractivity contribution is 5.97. The lowest BCUT2D eigenvalue weighted by Gasteiger charge is -2.17. The van der Waals surface area contributed by atoms with Crippen molar-refractivity contribution < 1.29 is 14.3 Å². The standard InChI is InChI=1S/C26H23N5O3/c27-14-17-5-3-6-18(11-17)16-34-21-8-4-7-20(13-21)30-25(32)24(31-26(28)33)12-19-15-29-23-10-2-1-9-22(19)23/h1-11,13,15,24,29H,12,16H2,(H,30,32)(H3,28,31,33)/t24-/m0/s1. The first-order valence-electron chi connectivity index (χ1n) is 10.7. The summed E-state index contributed by atoms with van der Waals surface area (Å²) in [4.78, 5) is 27.7. The van der Waals surface area contributed by atoms with Crippen LogP contribution in [0.25, 0.3) is 10.9 Å². The summed E-state index contributed by atoms with van der Waals surface area (Å²) >= 11 is 0. The molecule has 0 bridgehead atoms. The van der Waals surface area contributed by atoms with Gasteiger partial charge >= 0.3 is 6.03 Å². The molecule has 34 heavy (non-hydrogen) atoms. The maximum Gasteiger partial charge on any atom is 0.312 e. The predicted octanol–water partition coefficient (Wildman–Crippen LogP) is 3.84. The van der Waals surface area contributed by atoms with Gasteiger partial charge in [0.1, 0.15) is 18.4 Å². The van der Waals surface area contributed by atoms with Crippen molar-refractivity contribution in [2.45, 2.75) is 19.1 Å². The molecule has 1 heterocycles. The van der Waals surface area contributed by atoms with E-state index in [4.69, 9.17) is 15.7 Å². The number of carbonyl (C=O) groups excluding carboxylic acids is 2. The predicted molar refractivity (Wildman–Crippen MR) is 129 cm³/mol. The maximum atomic E-state index is 13.0. The first-order chi connectivity index (χ1) is 16.5. The molecule has 0 aliphatic carbocycles. The highest BCUT2D eigenvalue weighted by atomic mass is 16.5. The average molecular weight is 454 g/mol. The van der Waals surface area contributed by atoms with E-state index in [2.05, 4.69) is 21.7 Å². The van der Waals surface area contributed by atoms with Gasteiger partial charge < -0.3 is 26.1 Å². The summed E-state index contributed by atoms with van der Waals surface area (Å²) in [6.45, 7) is 0.277. The number of nitrogens with one attached hydrogen (secondary N) is 3. The minimum Gasteiger partial charge on any atom is -0.489 e. The van der Waals surface area contributed by atoms with Gasteiger partial charge in [0, 0.05) is 35.3 Å². The van der Waals surface area contributed by atoms with Crippen molar-refractivity contribution in [3.05, 3.63) is 95.7 Å². The van der Waals surface area contributed by atoms with Crippen LogP contribution in [0.1, 0.15) is 16.7 Å². The summed E-state index contributed by atoms with van der Waals surface area (Å²) in [6, 6.07) is 22.3. The number of nitrogens with zero attached hydrogens (tertiary/aromatic N) is 1. The van der Waals surface area contributed by atoms with Crippen molar-refractivity contribution in [3.8, 4) is 11.8 Å². The van der Waals surface area contributed by atoms with Crippen LogP contribution < -0.4 is 21.1 Å². The van der Waals surface area contributed by atoms with E-state index >= 15 is 0 Å². The van der Waals surface area contributed by atoms with Crippen LogP contribution in [0.15, 0.2) is 79.0 Å². The molecule has 0 unspecified atom stereocenters. The number of hydrogen-bond acceptors (Lipinski definition) is 4. The van der Waals surface area contributed by atoms with Crippen LogP contribution in [0.4, 0.5) is 10.5 Å². The molecule has 0 spiro atoms. The number of rotatable bonds is 8. The number of carbonyl (C=O) groups is 2. The number of ether oxygens (including phenoxy) is 1. The average Bonchev–Trinajstić information content (AvgIpc) is 3.25. The van der Waals surface area contributed by atoms with Crippen molar-refractivity contribution in [1.82, 2.24) is 10.3 Å². The van der Waals surface area contributed by atoms with Gasteiger partial charge in [0.25, 0.3) is 0 Å². The van der Waals surface area contributed by atoms with E-state index in [1.54, 1.807) is 42.5 Å². The molecule has 0 aliphatic rings. The Morgan fingerprint density at radius 3 is 2.71 bits per heavy atom. The van der Waals surface area contributed by atoms with E-state index in [0.717, 1.165) is 22.0 Å². The van der Waals surface area contributed by atoms with Gasteiger partial charge in [-0.05, 0) is 41.5 Å². The Labute approximate surface area is 196 Å². The lowest BCUT2D eigenvalue weighted by atomic mass is 10.0. The highest BCUT2D eigenvalue weighted by Crippen LogP contribution is 2.21. The lowest BCUT2D eigenvalue weighted by Crippen LogP contribution is -2.47. The number of benzene rings is 3. The fourth-order valence-corrected chi connectivity index (χ4v) is 3.69. The van der Waals surface area contributed by atoms with E-state index < -0.39 is 18.0 Å². The zero-order chi connectivity index (χ0) is 23.9. The summed E-state index contributed by atoms with van der Waals surface area (Å²) in [5, 5.41) is 15.4. The van der Waals surface area contributed by atoms with Gasteiger partial charge in [-0.15, -0.1) is 0 Å². The van der Waals surface area contributed by atoms with Gasteiger partial charge in [-0.1, -0.05) is 36.4 Å². The van der Waals surface area contributed by atoms with Crippen LogP contribution >= 0.6 is 0 Å². The second kappa shape index (κ2) is 10.2. The summed E-state index contributed by atoms with van der Waals surface area (Å²) in [5.41, 5.74) is 9.10. The molecule has 0 radical (unpaired) electrons. The van der Waals surface area contributed by atoms with Crippen LogP contribution in [0, 0.1) is 11.3 Å². The van der Waals surface area contributed by atoms with Gasteiger partial charge in [0.15, 0.2) is 0 Å². The number of primary amides is 1. The van der Waals surface area contributed by atoms with Crippen molar-refractivity contribution in [2.24, 2.45) is 5.73 Å². The van der Waals surface area contributed by atoms with Crippen molar-refractivity contribution in [2.75, 3.05) is 5.32 Å². The number of nitrogens with two attached hydrogens (primary N) is 1. The van der Waals surface area contributed by atoms with Gasteiger partial charge in [0.05, 0.1) is 11.6 Å². The number of aromatic amines is 1. The first kappa shape index (κ1) is 22.4. The SMILES string of the molecule is N#Cc1cccc(COc2cccc(NC(=O)[C@H](Cc3c[nH]c4ccccc34)NC(N)=O)c2)c1. The second-order valence-corrected chi connectivity index (χ2v) is 7.74. The Hall–Kier alpha value is -4.77. The Morgan fingerprint density at radius 2 is 1.88 bits per heavy atom. The van der Waals surface area contributed by atoms with E-state index in [1.165, 1.54) is 0 Å². The summed E-state index contributed by atoms with van der Waals surface area (Å²) in [7, 11) is 0. The molecule has 8 heteroatoms. The largest absolute Gasteiger partial charge is 0.489 e. The molecule has 0 saturated heterocycles. The van der Waals surface area contributed by atoms with Crippen molar-refractivity contribution in [3.63, 3.8) is 0 Å². The first-order valence-corrected chi connectivity index (χ1v) is 10.7. The molecule has 0 aliphatic heterocycles. The van der Waals surface area contributed by atoms with Crippen molar-refractivity contribution in [1.29, 1.82) is 5.26 Å². The third-order valence-electron chi connectivity index (χ3n) is 5.30. The van der Waals surface area contributed by atoms with Crippen LogP contribution in [0.3, 0.4) is 0 Å². The third kappa shape index (κ3) is 5.53. The van der Waals surface area contributed by atoms with Gasteiger partial charge in [-0.25, -0.2) is 4.79 Å². The fraction of sp³-hybridized carbons (Fsp3) is 0.115. The molecule has 4 aromatic rings. The Morgan fingerprint density at radius 1 is 1.06 bits per heavy atom. The molecule has 8 nitrogen and oxygen atoms in total. The Bertz CT molecular complexity index is 1370. The van der Waals surface area contributed by atoms with Crippen LogP contribution in [0.2, 0.25) is 0 Å². The molecule has 0 fully saturated rings. The van der Waals surface area contributed by atoms with E-state index in [-0.39, 0.29) is 13.0 Å². The van der Waals surface area contributed by atoms with Crippen LogP contribution in [0.5, 0.6) is 5.75 Å².